The molecule has 0 saturated carbocycles. The van der Waals surface area contributed by atoms with Crippen LogP contribution in [0.4, 0.5) is 0 Å². The first-order valence-corrected chi connectivity index (χ1v) is 9.16. The first kappa shape index (κ1) is 15.2. The third-order valence-corrected chi connectivity index (χ3v) is 6.46. The second kappa shape index (κ2) is 5.68. The maximum Gasteiger partial charge on any atom is 0.152 e. The zero-order valence-electron chi connectivity index (χ0n) is 12.1. The summed E-state index contributed by atoms with van der Waals surface area (Å²) in [6.45, 7) is 4.77. The number of nitrogens with zero attached hydrogens (tertiary/aromatic N) is 1. The molecule has 112 valence electrons. The van der Waals surface area contributed by atoms with Crippen LogP contribution in [0.5, 0.6) is 0 Å². The molecule has 5 nitrogen and oxygen atoms in total. The molecule has 0 aromatic heterocycles. The Bertz CT molecular complexity index is 402. The van der Waals surface area contributed by atoms with Gasteiger partial charge in [0.05, 0.1) is 17.0 Å². The van der Waals surface area contributed by atoms with Crippen molar-refractivity contribution in [1.82, 2.24) is 10.4 Å². The van der Waals surface area contributed by atoms with Gasteiger partial charge in [0.1, 0.15) is 0 Å². The van der Waals surface area contributed by atoms with Crippen LogP contribution < -0.4 is 11.2 Å². The number of nitrogens with two attached hydrogens (primary N) is 1. The van der Waals surface area contributed by atoms with Crippen molar-refractivity contribution in [2.75, 3.05) is 18.1 Å². The van der Waals surface area contributed by atoms with Crippen LogP contribution in [0, 0.1) is 0 Å². The van der Waals surface area contributed by atoms with Crippen LogP contribution in [-0.4, -0.2) is 49.1 Å². The monoisotopic (exact) mass is 289 g/mol. The molecular weight excluding hydrogens is 262 g/mol. The number of nitrogens with one attached hydrogen (secondary N) is 1. The molecular formula is C13H27N3O2S. The molecule has 2 aliphatic rings. The third kappa shape index (κ3) is 3.48. The average Bonchev–Trinajstić information content (AvgIpc) is 2.33. The van der Waals surface area contributed by atoms with E-state index in [0.717, 1.165) is 19.3 Å². The number of rotatable bonds is 3. The number of piperidine rings is 1. The van der Waals surface area contributed by atoms with Crippen LogP contribution in [0.2, 0.25) is 0 Å². The second-order valence-corrected chi connectivity index (χ2v) is 8.51. The highest BCUT2D eigenvalue weighted by Crippen LogP contribution is 2.27. The molecule has 3 atom stereocenters. The minimum atomic E-state index is -2.96. The van der Waals surface area contributed by atoms with E-state index in [4.69, 9.17) is 5.73 Å². The van der Waals surface area contributed by atoms with E-state index in [1.807, 2.05) is 0 Å². The molecule has 6 heteroatoms. The summed E-state index contributed by atoms with van der Waals surface area (Å²) in [7, 11) is -2.96. The summed E-state index contributed by atoms with van der Waals surface area (Å²) < 4.78 is 23.8. The van der Waals surface area contributed by atoms with Gasteiger partial charge in [-0.3, -0.25) is 0 Å². The van der Waals surface area contributed by atoms with E-state index < -0.39 is 15.4 Å². The molecule has 2 rings (SSSR count). The molecule has 3 unspecified atom stereocenters. The molecule has 3 N–H and O–H groups in total. The van der Waals surface area contributed by atoms with Crippen LogP contribution in [0.15, 0.2) is 0 Å². The van der Waals surface area contributed by atoms with Gasteiger partial charge >= 0.3 is 0 Å². The van der Waals surface area contributed by atoms with Gasteiger partial charge in [0.25, 0.3) is 0 Å². The van der Waals surface area contributed by atoms with E-state index in [1.165, 1.54) is 6.42 Å². The summed E-state index contributed by atoms with van der Waals surface area (Å²) in [6, 6.07) is 0.883. The van der Waals surface area contributed by atoms with E-state index in [2.05, 4.69) is 24.3 Å². The van der Waals surface area contributed by atoms with Gasteiger partial charge in [-0.25, -0.2) is 18.9 Å². The lowest BCUT2D eigenvalue weighted by Crippen LogP contribution is -2.67. The third-order valence-electron chi connectivity index (χ3n) is 4.56. The van der Waals surface area contributed by atoms with Crippen molar-refractivity contribution >= 4 is 9.84 Å². The molecule has 0 aromatic carbocycles. The van der Waals surface area contributed by atoms with Crippen molar-refractivity contribution < 1.29 is 8.42 Å². The van der Waals surface area contributed by atoms with E-state index in [-0.39, 0.29) is 5.75 Å². The van der Waals surface area contributed by atoms with Gasteiger partial charge in [0, 0.05) is 18.6 Å². The smallest absolute Gasteiger partial charge is 0.152 e. The minimum Gasteiger partial charge on any atom is -0.329 e. The van der Waals surface area contributed by atoms with Crippen molar-refractivity contribution in [3.05, 3.63) is 0 Å². The zero-order chi connectivity index (χ0) is 14.1. The van der Waals surface area contributed by atoms with Gasteiger partial charge in [-0.1, -0.05) is 6.42 Å². The Kier molecular flexibility index (Phi) is 4.55. The average molecular weight is 289 g/mol. The van der Waals surface area contributed by atoms with Crippen LogP contribution in [0.1, 0.15) is 46.0 Å². The minimum absolute atomic E-state index is 0.173. The Morgan fingerprint density at radius 1 is 1.26 bits per heavy atom. The van der Waals surface area contributed by atoms with Crippen molar-refractivity contribution in [3.8, 4) is 0 Å². The fraction of sp³-hybridized carbons (Fsp3) is 1.00. The van der Waals surface area contributed by atoms with Crippen LogP contribution in [-0.2, 0) is 9.84 Å². The maximum atomic E-state index is 11.9. The second-order valence-electron chi connectivity index (χ2n) is 6.33. The topological polar surface area (TPSA) is 75.4 Å². The summed E-state index contributed by atoms with van der Waals surface area (Å²) in [5, 5.41) is 2.25. The Morgan fingerprint density at radius 2 is 1.89 bits per heavy atom. The Labute approximate surface area is 116 Å². The Balaban J connectivity index is 2.13. The summed E-state index contributed by atoms with van der Waals surface area (Å²) >= 11 is 0. The fourth-order valence-electron chi connectivity index (χ4n) is 3.41. The molecule has 0 aromatic rings. The molecule has 19 heavy (non-hydrogen) atoms. The van der Waals surface area contributed by atoms with E-state index in [9.17, 15) is 8.42 Å². The normalized spacial score (nSPS) is 40.2. The summed E-state index contributed by atoms with van der Waals surface area (Å²) in [6.07, 6.45) is 5.12. The largest absolute Gasteiger partial charge is 0.329 e. The standard InChI is InChI=1S/C13H27N3O2S/c1-11-5-3-6-12(2)16(11)15-13(9-14)7-4-8-19(17,18)10-13/h11-12,15H,3-10,14H2,1-2H3. The number of hydrogen-bond donors (Lipinski definition) is 2. The van der Waals surface area contributed by atoms with Gasteiger partial charge in [0.2, 0.25) is 0 Å². The summed E-state index contributed by atoms with van der Waals surface area (Å²) in [5.74, 6) is 0.480. The molecule has 0 radical (unpaired) electrons. The van der Waals surface area contributed by atoms with Crippen LogP contribution >= 0.6 is 0 Å². The lowest BCUT2D eigenvalue weighted by Gasteiger charge is -2.47. The van der Waals surface area contributed by atoms with Crippen molar-refractivity contribution in [3.63, 3.8) is 0 Å². The molecule has 0 bridgehead atoms. The summed E-state index contributed by atoms with van der Waals surface area (Å²) in [4.78, 5) is 0. The molecule has 0 amide bonds. The molecule has 2 saturated heterocycles. The maximum absolute atomic E-state index is 11.9. The predicted molar refractivity (Wildman–Crippen MR) is 77.4 cm³/mol. The summed E-state index contributed by atoms with van der Waals surface area (Å²) in [5.41, 5.74) is 8.96. The quantitative estimate of drug-likeness (QED) is 0.798. The Morgan fingerprint density at radius 3 is 2.42 bits per heavy atom. The lowest BCUT2D eigenvalue weighted by molar-refractivity contribution is 0.00419. The van der Waals surface area contributed by atoms with E-state index in [0.29, 0.717) is 30.8 Å². The first-order chi connectivity index (χ1) is 8.87. The van der Waals surface area contributed by atoms with Gasteiger partial charge in [0.15, 0.2) is 9.84 Å². The number of hydrazine groups is 1. The Hall–Kier alpha value is -0.170. The molecule has 2 heterocycles. The van der Waals surface area contributed by atoms with E-state index >= 15 is 0 Å². The molecule has 0 aliphatic carbocycles. The van der Waals surface area contributed by atoms with Crippen molar-refractivity contribution in [2.24, 2.45) is 5.73 Å². The van der Waals surface area contributed by atoms with Crippen molar-refractivity contribution in [2.45, 2.75) is 63.6 Å². The van der Waals surface area contributed by atoms with Crippen LogP contribution in [0.3, 0.4) is 0 Å². The molecule has 2 aliphatic heterocycles. The first-order valence-electron chi connectivity index (χ1n) is 7.34. The van der Waals surface area contributed by atoms with Gasteiger partial charge < -0.3 is 5.73 Å². The lowest BCUT2D eigenvalue weighted by atomic mass is 9.94. The molecule has 2 fully saturated rings. The molecule has 0 spiro atoms. The zero-order valence-corrected chi connectivity index (χ0v) is 12.9. The number of sulfone groups is 1. The number of hydrogen-bond acceptors (Lipinski definition) is 5. The predicted octanol–water partition coefficient (Wildman–Crippen LogP) is 0.660. The van der Waals surface area contributed by atoms with Gasteiger partial charge in [-0.15, -0.1) is 0 Å². The SMILES string of the molecule is CC1CCCC(C)N1NC1(CN)CCCS(=O)(=O)C1. The van der Waals surface area contributed by atoms with Gasteiger partial charge in [-0.05, 0) is 39.5 Å². The highest BCUT2D eigenvalue weighted by Gasteiger charge is 2.41. The van der Waals surface area contributed by atoms with Gasteiger partial charge in [-0.2, -0.15) is 0 Å². The highest BCUT2D eigenvalue weighted by atomic mass is 32.2. The van der Waals surface area contributed by atoms with Crippen molar-refractivity contribution in [1.29, 1.82) is 0 Å². The van der Waals surface area contributed by atoms with E-state index in [1.54, 1.807) is 0 Å². The van der Waals surface area contributed by atoms with Crippen LogP contribution in [0.25, 0.3) is 0 Å². The fourth-order valence-corrected chi connectivity index (χ4v) is 5.30. The highest BCUT2D eigenvalue weighted by molar-refractivity contribution is 7.91.